The van der Waals surface area contributed by atoms with Crippen LogP contribution in [0.5, 0.6) is 5.75 Å². The van der Waals surface area contributed by atoms with Crippen LogP contribution in [0.4, 0.5) is 0 Å². The third kappa shape index (κ3) is 2.74. The smallest absolute Gasteiger partial charge is 0.161 e. The SMILES string of the molecule is CCn1ncc(OC)c1C(N)C1CSCCS1. The molecule has 0 bridgehead atoms. The van der Waals surface area contributed by atoms with E-state index >= 15 is 0 Å². The first kappa shape index (κ1) is 13.1. The van der Waals surface area contributed by atoms with Gasteiger partial charge in [-0.3, -0.25) is 4.68 Å². The lowest BCUT2D eigenvalue weighted by Crippen LogP contribution is -2.31. The largest absolute Gasteiger partial charge is 0.493 e. The summed E-state index contributed by atoms with van der Waals surface area (Å²) in [5, 5.41) is 4.78. The lowest BCUT2D eigenvalue weighted by Gasteiger charge is -2.27. The van der Waals surface area contributed by atoms with Crippen molar-refractivity contribution in [1.82, 2.24) is 9.78 Å². The van der Waals surface area contributed by atoms with E-state index in [0.717, 1.165) is 23.7 Å². The van der Waals surface area contributed by atoms with Crippen molar-refractivity contribution in [2.45, 2.75) is 24.8 Å². The Morgan fingerprint density at radius 3 is 3.06 bits per heavy atom. The monoisotopic (exact) mass is 273 g/mol. The zero-order valence-corrected chi connectivity index (χ0v) is 11.9. The Morgan fingerprint density at radius 1 is 1.65 bits per heavy atom. The van der Waals surface area contributed by atoms with E-state index in [1.54, 1.807) is 13.3 Å². The number of ether oxygens (including phenoxy) is 1. The number of aromatic nitrogens is 2. The van der Waals surface area contributed by atoms with Gasteiger partial charge >= 0.3 is 0 Å². The van der Waals surface area contributed by atoms with Crippen molar-refractivity contribution >= 4 is 23.5 Å². The van der Waals surface area contributed by atoms with E-state index in [9.17, 15) is 0 Å². The minimum atomic E-state index is 0.00481. The van der Waals surface area contributed by atoms with Crippen LogP contribution >= 0.6 is 23.5 Å². The molecule has 1 aliphatic heterocycles. The van der Waals surface area contributed by atoms with Crippen molar-refractivity contribution < 1.29 is 4.74 Å². The maximum absolute atomic E-state index is 6.39. The third-order valence-electron chi connectivity index (χ3n) is 2.92. The van der Waals surface area contributed by atoms with E-state index in [4.69, 9.17) is 10.5 Å². The zero-order chi connectivity index (χ0) is 12.3. The molecule has 1 aromatic rings. The van der Waals surface area contributed by atoms with E-state index in [0.29, 0.717) is 5.25 Å². The predicted octanol–water partition coefficient (Wildman–Crippen LogP) is 1.76. The van der Waals surface area contributed by atoms with Crippen molar-refractivity contribution in [2.24, 2.45) is 5.73 Å². The van der Waals surface area contributed by atoms with Crippen molar-refractivity contribution in [3.05, 3.63) is 11.9 Å². The van der Waals surface area contributed by atoms with Gasteiger partial charge in [0.05, 0.1) is 25.0 Å². The molecular weight excluding hydrogens is 254 g/mol. The quantitative estimate of drug-likeness (QED) is 0.906. The zero-order valence-electron chi connectivity index (χ0n) is 10.3. The van der Waals surface area contributed by atoms with Gasteiger partial charge < -0.3 is 10.5 Å². The summed E-state index contributed by atoms with van der Waals surface area (Å²) >= 11 is 3.95. The van der Waals surface area contributed by atoms with E-state index in [2.05, 4.69) is 12.0 Å². The molecule has 6 heteroatoms. The number of methoxy groups -OCH3 is 1. The summed E-state index contributed by atoms with van der Waals surface area (Å²) in [6.07, 6.45) is 1.76. The number of aryl methyl sites for hydroxylation is 1. The van der Waals surface area contributed by atoms with Gasteiger partial charge in [-0.15, -0.1) is 0 Å². The molecule has 4 nitrogen and oxygen atoms in total. The van der Waals surface area contributed by atoms with Gasteiger partial charge in [-0.1, -0.05) is 0 Å². The Balaban J connectivity index is 2.21. The van der Waals surface area contributed by atoms with Crippen molar-refractivity contribution in [2.75, 3.05) is 24.4 Å². The van der Waals surface area contributed by atoms with Gasteiger partial charge in [0.2, 0.25) is 0 Å². The first-order chi connectivity index (χ1) is 8.27. The van der Waals surface area contributed by atoms with Crippen molar-refractivity contribution in [1.29, 1.82) is 0 Å². The van der Waals surface area contributed by atoms with Gasteiger partial charge in [0, 0.05) is 29.1 Å². The fraction of sp³-hybridized carbons (Fsp3) is 0.727. The summed E-state index contributed by atoms with van der Waals surface area (Å²) in [5.74, 6) is 4.35. The molecule has 0 aromatic carbocycles. The van der Waals surface area contributed by atoms with Gasteiger partial charge in [0.25, 0.3) is 0 Å². The second kappa shape index (κ2) is 6.02. The third-order valence-corrected chi connectivity index (χ3v) is 5.81. The van der Waals surface area contributed by atoms with E-state index < -0.39 is 0 Å². The normalized spacial score (nSPS) is 22.4. The number of nitrogens with two attached hydrogens (primary N) is 1. The summed E-state index contributed by atoms with van der Waals surface area (Å²) in [5.41, 5.74) is 7.43. The molecule has 2 rings (SSSR count). The fourth-order valence-electron chi connectivity index (χ4n) is 2.01. The van der Waals surface area contributed by atoms with Gasteiger partial charge in [0.1, 0.15) is 0 Å². The summed E-state index contributed by atoms with van der Waals surface area (Å²) < 4.78 is 7.31. The average molecular weight is 273 g/mol. The number of thioether (sulfide) groups is 2. The average Bonchev–Trinajstić information content (AvgIpc) is 2.81. The van der Waals surface area contributed by atoms with Crippen LogP contribution in [0.2, 0.25) is 0 Å². The second-order valence-electron chi connectivity index (χ2n) is 3.92. The molecule has 17 heavy (non-hydrogen) atoms. The molecule has 1 aromatic heterocycles. The lowest BCUT2D eigenvalue weighted by atomic mass is 10.1. The Bertz CT molecular complexity index is 342. The Kier molecular flexibility index (Phi) is 4.64. The maximum atomic E-state index is 6.39. The van der Waals surface area contributed by atoms with E-state index in [1.807, 2.05) is 28.2 Å². The Morgan fingerprint density at radius 2 is 2.47 bits per heavy atom. The highest BCUT2D eigenvalue weighted by atomic mass is 32.2. The van der Waals surface area contributed by atoms with Crippen LogP contribution in [0.3, 0.4) is 0 Å². The highest BCUT2D eigenvalue weighted by Crippen LogP contribution is 2.35. The van der Waals surface area contributed by atoms with E-state index in [-0.39, 0.29) is 6.04 Å². The van der Waals surface area contributed by atoms with Gasteiger partial charge in [-0.05, 0) is 6.92 Å². The van der Waals surface area contributed by atoms with Crippen molar-refractivity contribution in [3.8, 4) is 5.75 Å². The number of hydrogen-bond acceptors (Lipinski definition) is 5. The van der Waals surface area contributed by atoms with Crippen LogP contribution in [0.15, 0.2) is 6.20 Å². The molecule has 2 unspecified atom stereocenters. The molecule has 0 aliphatic carbocycles. The van der Waals surface area contributed by atoms with Crippen LogP contribution in [-0.4, -0.2) is 39.4 Å². The van der Waals surface area contributed by atoms with Crippen LogP contribution < -0.4 is 10.5 Å². The minimum absolute atomic E-state index is 0.00481. The maximum Gasteiger partial charge on any atom is 0.161 e. The molecule has 1 saturated heterocycles. The Labute approximate surface area is 111 Å². The minimum Gasteiger partial charge on any atom is -0.493 e. The van der Waals surface area contributed by atoms with Crippen LogP contribution in [0.1, 0.15) is 18.7 Å². The molecule has 2 atom stereocenters. The summed E-state index contributed by atoms with van der Waals surface area (Å²) in [4.78, 5) is 0. The summed E-state index contributed by atoms with van der Waals surface area (Å²) in [6, 6.07) is 0.00481. The number of nitrogens with zero attached hydrogens (tertiary/aromatic N) is 2. The highest BCUT2D eigenvalue weighted by Gasteiger charge is 2.28. The van der Waals surface area contributed by atoms with Gasteiger partial charge in [-0.2, -0.15) is 28.6 Å². The molecule has 0 amide bonds. The molecule has 0 spiro atoms. The predicted molar refractivity (Wildman–Crippen MR) is 75.0 cm³/mol. The number of rotatable bonds is 4. The topological polar surface area (TPSA) is 53.1 Å². The molecular formula is C11H19N3OS2. The standard InChI is InChI=1S/C11H19N3OS2/c1-3-14-11(8(15-2)6-13-14)10(12)9-7-16-4-5-17-9/h6,9-10H,3-5,7,12H2,1-2H3. The van der Waals surface area contributed by atoms with Crippen LogP contribution in [0, 0.1) is 0 Å². The summed E-state index contributed by atoms with van der Waals surface area (Å²) in [7, 11) is 1.68. The molecule has 1 fully saturated rings. The molecule has 1 aliphatic rings. The Hall–Kier alpha value is -0.330. The lowest BCUT2D eigenvalue weighted by molar-refractivity contribution is 0.401. The first-order valence-electron chi connectivity index (χ1n) is 5.82. The molecule has 96 valence electrons. The van der Waals surface area contributed by atoms with Crippen molar-refractivity contribution in [3.63, 3.8) is 0 Å². The highest BCUT2D eigenvalue weighted by molar-refractivity contribution is 8.06. The molecule has 0 radical (unpaired) electrons. The fourth-order valence-corrected chi connectivity index (χ4v) is 4.79. The molecule has 2 N–H and O–H groups in total. The van der Waals surface area contributed by atoms with Gasteiger partial charge in [0.15, 0.2) is 5.75 Å². The van der Waals surface area contributed by atoms with E-state index in [1.165, 1.54) is 11.5 Å². The first-order valence-corrected chi connectivity index (χ1v) is 8.02. The van der Waals surface area contributed by atoms with Crippen LogP contribution in [0.25, 0.3) is 0 Å². The van der Waals surface area contributed by atoms with Gasteiger partial charge in [-0.25, -0.2) is 0 Å². The molecule has 0 saturated carbocycles. The summed E-state index contributed by atoms with van der Waals surface area (Å²) in [6.45, 7) is 2.91. The number of hydrogen-bond donors (Lipinski definition) is 1. The molecule has 2 heterocycles. The second-order valence-corrected chi connectivity index (χ2v) is 6.42. The van der Waals surface area contributed by atoms with Crippen LogP contribution in [-0.2, 0) is 6.54 Å².